The van der Waals surface area contributed by atoms with Crippen molar-refractivity contribution in [1.29, 1.82) is 5.26 Å². The van der Waals surface area contributed by atoms with Crippen LogP contribution in [0, 0.1) is 28.8 Å². The highest BCUT2D eigenvalue weighted by Gasteiger charge is 2.27. The van der Waals surface area contributed by atoms with Crippen molar-refractivity contribution in [3.8, 4) is 23.1 Å². The quantitative estimate of drug-likeness (QED) is 0.527. The predicted molar refractivity (Wildman–Crippen MR) is 120 cm³/mol. The number of benzene rings is 2. The minimum atomic E-state index is -1.17. The molecule has 0 unspecified atom stereocenters. The van der Waals surface area contributed by atoms with Gasteiger partial charge in [-0.2, -0.15) is 10.4 Å². The molecule has 1 aromatic heterocycles. The number of hydrogen-bond donors (Lipinski definition) is 2. The lowest BCUT2D eigenvalue weighted by molar-refractivity contribution is 0.0669. The number of nitrogens with two attached hydrogens (primary N) is 2. The first-order valence-electron chi connectivity index (χ1n) is 10.9. The second-order valence-electron chi connectivity index (χ2n) is 8.01. The van der Waals surface area contributed by atoms with E-state index in [9.17, 15) is 18.8 Å². The molecule has 4 N–H and O–H groups in total. The van der Waals surface area contributed by atoms with Gasteiger partial charge in [0.25, 0.3) is 5.91 Å². The van der Waals surface area contributed by atoms with Gasteiger partial charge in [-0.1, -0.05) is 6.07 Å². The summed E-state index contributed by atoms with van der Waals surface area (Å²) in [4.78, 5) is 11.5. The summed E-state index contributed by atoms with van der Waals surface area (Å²) < 4.78 is 55.6. The van der Waals surface area contributed by atoms with Crippen LogP contribution in [0.4, 0.5) is 19.0 Å². The van der Waals surface area contributed by atoms with Gasteiger partial charge in [0.1, 0.15) is 34.7 Å². The molecule has 3 aromatic rings. The van der Waals surface area contributed by atoms with Crippen LogP contribution in [0.5, 0.6) is 5.75 Å². The first kappa shape index (κ1) is 24.1. The molecule has 0 saturated carbocycles. The van der Waals surface area contributed by atoms with E-state index in [-0.39, 0.29) is 58.6 Å². The van der Waals surface area contributed by atoms with Crippen molar-refractivity contribution >= 4 is 11.7 Å². The molecule has 0 aliphatic carbocycles. The second-order valence-corrected chi connectivity index (χ2v) is 8.01. The molecule has 0 atom stereocenters. The summed E-state index contributed by atoms with van der Waals surface area (Å²) in [5, 5.41) is 13.9. The number of nitriles is 1. The third-order valence-electron chi connectivity index (χ3n) is 5.85. The number of anilines is 1. The van der Waals surface area contributed by atoms with Gasteiger partial charge < -0.3 is 20.9 Å². The molecule has 35 heavy (non-hydrogen) atoms. The molecule has 0 bridgehead atoms. The van der Waals surface area contributed by atoms with Gasteiger partial charge in [-0.15, -0.1) is 0 Å². The van der Waals surface area contributed by atoms with Crippen LogP contribution in [0.3, 0.4) is 0 Å². The predicted octanol–water partition coefficient (Wildman–Crippen LogP) is 3.49. The van der Waals surface area contributed by atoms with E-state index in [4.69, 9.17) is 20.9 Å². The Labute approximate surface area is 198 Å². The van der Waals surface area contributed by atoms with Crippen LogP contribution < -0.4 is 16.2 Å². The van der Waals surface area contributed by atoms with Gasteiger partial charge in [0.2, 0.25) is 0 Å². The average molecular weight is 485 g/mol. The highest BCUT2D eigenvalue weighted by molar-refractivity contribution is 5.95. The summed E-state index contributed by atoms with van der Waals surface area (Å²) in [6.07, 6.45) is 1.22. The largest absolute Gasteiger partial charge is 0.492 e. The van der Waals surface area contributed by atoms with Crippen LogP contribution in [0.1, 0.15) is 40.4 Å². The molecule has 1 fully saturated rings. The maximum absolute atomic E-state index is 15.1. The maximum atomic E-state index is 15.1. The Bertz CT molecular complexity index is 1310. The van der Waals surface area contributed by atoms with Gasteiger partial charge in [-0.25, -0.2) is 17.9 Å². The highest BCUT2D eigenvalue weighted by Crippen LogP contribution is 2.34. The molecule has 182 valence electrons. The number of amides is 1. The van der Waals surface area contributed by atoms with Crippen LogP contribution in [0.2, 0.25) is 0 Å². The number of primary amides is 1. The first-order valence-corrected chi connectivity index (χ1v) is 10.9. The molecule has 11 heteroatoms. The third-order valence-corrected chi connectivity index (χ3v) is 5.85. The third kappa shape index (κ3) is 4.79. The number of rotatable bonds is 7. The summed E-state index contributed by atoms with van der Waals surface area (Å²) >= 11 is 0. The van der Waals surface area contributed by atoms with Crippen LogP contribution in [-0.4, -0.2) is 35.5 Å². The van der Waals surface area contributed by atoms with E-state index in [1.807, 2.05) is 6.07 Å². The van der Waals surface area contributed by atoms with Gasteiger partial charge in [0.15, 0.2) is 11.6 Å². The lowest BCUT2D eigenvalue weighted by atomic mass is 10.0. The molecule has 1 amide bonds. The molecule has 4 rings (SSSR count). The molecule has 0 spiro atoms. The SMILES string of the molecule is N#Cc1c(-c2ccc(CCOc3ccc(F)cc3C(N)=O)c(F)c2F)nn(C2CCOCC2)c1N. The summed E-state index contributed by atoms with van der Waals surface area (Å²) in [6, 6.07) is 7.79. The second kappa shape index (κ2) is 10.1. The maximum Gasteiger partial charge on any atom is 0.252 e. The zero-order chi connectivity index (χ0) is 25.1. The van der Waals surface area contributed by atoms with Crippen molar-refractivity contribution in [2.75, 3.05) is 25.6 Å². The highest BCUT2D eigenvalue weighted by atomic mass is 19.2. The number of hydrogen-bond acceptors (Lipinski definition) is 6. The summed E-state index contributed by atoms with van der Waals surface area (Å²) in [6.45, 7) is 0.899. The van der Waals surface area contributed by atoms with E-state index >= 15 is 4.39 Å². The normalized spacial score (nSPS) is 14.0. The van der Waals surface area contributed by atoms with Gasteiger partial charge in [-0.3, -0.25) is 4.79 Å². The Morgan fingerprint density at radius 1 is 1.20 bits per heavy atom. The van der Waals surface area contributed by atoms with E-state index < -0.39 is 23.4 Å². The zero-order valence-corrected chi connectivity index (χ0v) is 18.6. The number of carbonyl (C=O) groups is 1. The standard InChI is InChI=1S/C24H22F3N5O3/c25-14-2-4-19(17(11-14)24(30)33)35-10-5-13-1-3-16(21(27)20(13)26)22-18(12-28)23(29)32(31-22)15-6-8-34-9-7-15/h1-4,11,15H,5-10,29H2,(H2,30,33). The first-order chi connectivity index (χ1) is 16.8. The van der Waals surface area contributed by atoms with E-state index in [0.717, 1.165) is 12.1 Å². The molecule has 2 aromatic carbocycles. The fourth-order valence-electron chi connectivity index (χ4n) is 4.01. The summed E-state index contributed by atoms with van der Waals surface area (Å²) in [5.74, 6) is -3.71. The van der Waals surface area contributed by atoms with E-state index in [1.54, 1.807) is 0 Å². The Hall–Kier alpha value is -4.04. The van der Waals surface area contributed by atoms with Crippen LogP contribution >= 0.6 is 0 Å². The zero-order valence-electron chi connectivity index (χ0n) is 18.6. The number of nitrogens with zero attached hydrogens (tertiary/aromatic N) is 3. The Morgan fingerprint density at radius 3 is 2.63 bits per heavy atom. The van der Waals surface area contributed by atoms with Gasteiger partial charge in [0.05, 0.1) is 18.2 Å². The lowest BCUT2D eigenvalue weighted by Crippen LogP contribution is -2.21. The minimum Gasteiger partial charge on any atom is -0.492 e. The molecule has 0 radical (unpaired) electrons. The Morgan fingerprint density at radius 2 is 1.94 bits per heavy atom. The molecule has 1 aliphatic rings. The number of carbonyl (C=O) groups excluding carboxylic acids is 1. The van der Waals surface area contributed by atoms with Crippen LogP contribution in [-0.2, 0) is 11.2 Å². The van der Waals surface area contributed by atoms with E-state index in [0.29, 0.717) is 26.1 Å². The number of aromatic nitrogens is 2. The number of ether oxygens (including phenoxy) is 2. The molecular formula is C24H22F3N5O3. The van der Waals surface area contributed by atoms with E-state index in [1.165, 1.54) is 22.9 Å². The van der Waals surface area contributed by atoms with Crippen molar-refractivity contribution < 1.29 is 27.4 Å². The van der Waals surface area contributed by atoms with Crippen molar-refractivity contribution in [2.45, 2.75) is 25.3 Å². The minimum absolute atomic E-state index is 0.00401. The van der Waals surface area contributed by atoms with E-state index in [2.05, 4.69) is 5.10 Å². The van der Waals surface area contributed by atoms with Crippen molar-refractivity contribution in [3.05, 3.63) is 64.5 Å². The summed E-state index contributed by atoms with van der Waals surface area (Å²) in [7, 11) is 0. The topological polar surface area (TPSA) is 129 Å². The number of halogens is 3. The molecule has 1 aliphatic heterocycles. The lowest BCUT2D eigenvalue weighted by Gasteiger charge is -2.23. The van der Waals surface area contributed by atoms with Gasteiger partial charge >= 0.3 is 0 Å². The van der Waals surface area contributed by atoms with Gasteiger partial charge in [-0.05, 0) is 42.7 Å². The van der Waals surface area contributed by atoms with Gasteiger partial charge in [0, 0.05) is 25.2 Å². The van der Waals surface area contributed by atoms with Crippen LogP contribution in [0.15, 0.2) is 30.3 Å². The monoisotopic (exact) mass is 485 g/mol. The van der Waals surface area contributed by atoms with Crippen molar-refractivity contribution in [2.24, 2.45) is 5.73 Å². The average Bonchev–Trinajstić information content (AvgIpc) is 3.18. The summed E-state index contributed by atoms with van der Waals surface area (Å²) in [5.41, 5.74) is 10.9. The Kier molecular flexibility index (Phi) is 6.93. The molecule has 1 saturated heterocycles. The molecular weight excluding hydrogens is 463 g/mol. The smallest absolute Gasteiger partial charge is 0.252 e. The van der Waals surface area contributed by atoms with Crippen molar-refractivity contribution in [3.63, 3.8) is 0 Å². The van der Waals surface area contributed by atoms with Crippen molar-refractivity contribution in [1.82, 2.24) is 9.78 Å². The number of nitrogen functional groups attached to an aromatic ring is 1. The molecule has 2 heterocycles. The fourth-order valence-corrected chi connectivity index (χ4v) is 4.01. The van der Waals surface area contributed by atoms with Crippen LogP contribution in [0.25, 0.3) is 11.3 Å². The Balaban J connectivity index is 1.56. The fraction of sp³-hybridized carbons (Fsp3) is 0.292. The molecule has 8 nitrogen and oxygen atoms in total.